The zero-order chi connectivity index (χ0) is 17.3. The van der Waals surface area contributed by atoms with E-state index in [4.69, 9.17) is 0 Å². The number of phenols is 1. The summed E-state index contributed by atoms with van der Waals surface area (Å²) in [5.41, 5.74) is 2.88. The zero-order valence-electron chi connectivity index (χ0n) is 13.4. The summed E-state index contributed by atoms with van der Waals surface area (Å²) in [6, 6.07) is 16.1. The summed E-state index contributed by atoms with van der Waals surface area (Å²) >= 11 is 0. The van der Waals surface area contributed by atoms with E-state index in [1.807, 2.05) is 41.9 Å². The molecule has 0 saturated heterocycles. The van der Waals surface area contributed by atoms with E-state index in [2.05, 4.69) is 0 Å². The van der Waals surface area contributed by atoms with E-state index in [1.54, 1.807) is 18.2 Å². The van der Waals surface area contributed by atoms with Crippen molar-refractivity contribution in [2.24, 2.45) is 7.05 Å². The van der Waals surface area contributed by atoms with Crippen LogP contribution in [0.15, 0.2) is 54.6 Å². The third-order valence-corrected chi connectivity index (χ3v) is 5.05. The van der Waals surface area contributed by atoms with Crippen LogP contribution >= 0.6 is 0 Å². The van der Waals surface area contributed by atoms with Gasteiger partial charge in [0.15, 0.2) is 11.6 Å². The van der Waals surface area contributed by atoms with Gasteiger partial charge >= 0.3 is 0 Å². The molecule has 1 heterocycles. The molecule has 0 aliphatic heterocycles. The molecule has 120 valence electrons. The number of benzene rings is 3. The SMILES string of the molecule is Cn1c2ccccc2c2ccc3c(c21)C(=O)c1cccc(O)c1C3=O. The van der Waals surface area contributed by atoms with Gasteiger partial charge in [-0.3, -0.25) is 9.59 Å². The van der Waals surface area contributed by atoms with Gasteiger partial charge in [0.05, 0.1) is 16.6 Å². The number of hydrogen-bond acceptors (Lipinski definition) is 3. The number of aromatic hydroxyl groups is 1. The molecule has 4 aromatic rings. The summed E-state index contributed by atoms with van der Waals surface area (Å²) in [4.78, 5) is 26.1. The number of phenolic OH excluding ortho intramolecular Hbond substituents is 1. The van der Waals surface area contributed by atoms with Crippen molar-refractivity contribution < 1.29 is 14.7 Å². The van der Waals surface area contributed by atoms with Crippen molar-refractivity contribution in [1.29, 1.82) is 0 Å². The van der Waals surface area contributed by atoms with Gasteiger partial charge in [-0.15, -0.1) is 0 Å². The maximum absolute atomic E-state index is 13.2. The molecular weight excluding hydrogens is 314 g/mol. The number of nitrogens with zero attached hydrogens (tertiary/aromatic N) is 1. The number of ketones is 2. The first-order chi connectivity index (χ1) is 12.1. The van der Waals surface area contributed by atoms with E-state index in [0.29, 0.717) is 11.1 Å². The minimum Gasteiger partial charge on any atom is -0.507 e. The fourth-order valence-corrected chi connectivity index (χ4v) is 3.93. The molecule has 0 atom stereocenters. The van der Waals surface area contributed by atoms with Crippen LogP contribution in [0.25, 0.3) is 21.8 Å². The molecule has 1 aromatic heterocycles. The van der Waals surface area contributed by atoms with Crippen LogP contribution < -0.4 is 0 Å². The normalized spacial score (nSPS) is 13.3. The predicted octanol–water partition coefficient (Wildman–Crippen LogP) is 3.81. The van der Waals surface area contributed by atoms with Gasteiger partial charge in [0, 0.05) is 34.5 Å². The van der Waals surface area contributed by atoms with Crippen LogP contribution in [0.3, 0.4) is 0 Å². The first-order valence-electron chi connectivity index (χ1n) is 8.01. The first kappa shape index (κ1) is 14.0. The van der Waals surface area contributed by atoms with Gasteiger partial charge in [-0.25, -0.2) is 0 Å². The van der Waals surface area contributed by atoms with E-state index in [0.717, 1.165) is 21.8 Å². The smallest absolute Gasteiger partial charge is 0.198 e. The molecule has 1 N–H and O–H groups in total. The Hall–Kier alpha value is -3.40. The number of aromatic nitrogens is 1. The number of fused-ring (bicyclic) bond motifs is 6. The maximum Gasteiger partial charge on any atom is 0.198 e. The minimum atomic E-state index is -0.310. The average Bonchev–Trinajstić information content (AvgIpc) is 2.92. The zero-order valence-corrected chi connectivity index (χ0v) is 13.4. The number of carbonyl (C=O) groups excluding carboxylic acids is 2. The van der Waals surface area contributed by atoms with Crippen LogP contribution in [0, 0.1) is 0 Å². The second-order valence-electron chi connectivity index (χ2n) is 6.32. The number of carbonyl (C=O) groups is 2. The van der Waals surface area contributed by atoms with Crippen LogP contribution in [0.2, 0.25) is 0 Å². The van der Waals surface area contributed by atoms with Crippen molar-refractivity contribution in [3.63, 3.8) is 0 Å². The fraction of sp³-hybridized carbons (Fsp3) is 0.0476. The highest BCUT2D eigenvalue weighted by Crippen LogP contribution is 2.38. The van der Waals surface area contributed by atoms with Crippen molar-refractivity contribution in [3.8, 4) is 5.75 Å². The molecule has 4 nitrogen and oxygen atoms in total. The lowest BCUT2D eigenvalue weighted by atomic mass is 9.82. The molecule has 0 amide bonds. The molecule has 1 aliphatic rings. The summed E-state index contributed by atoms with van der Waals surface area (Å²) < 4.78 is 1.96. The quantitative estimate of drug-likeness (QED) is 0.470. The van der Waals surface area contributed by atoms with Crippen molar-refractivity contribution in [2.75, 3.05) is 0 Å². The van der Waals surface area contributed by atoms with Crippen molar-refractivity contribution in [3.05, 3.63) is 76.9 Å². The molecule has 0 unspecified atom stereocenters. The van der Waals surface area contributed by atoms with Gasteiger partial charge in [-0.1, -0.05) is 36.4 Å². The average molecular weight is 327 g/mol. The molecule has 25 heavy (non-hydrogen) atoms. The van der Waals surface area contributed by atoms with Gasteiger partial charge in [-0.2, -0.15) is 0 Å². The number of aryl methyl sites for hydroxylation is 1. The van der Waals surface area contributed by atoms with Crippen LogP contribution in [-0.2, 0) is 7.05 Å². The molecule has 5 rings (SSSR count). The van der Waals surface area contributed by atoms with Gasteiger partial charge in [-0.05, 0) is 18.2 Å². The third kappa shape index (κ3) is 1.61. The van der Waals surface area contributed by atoms with Gasteiger partial charge < -0.3 is 9.67 Å². The van der Waals surface area contributed by atoms with Crippen LogP contribution in [-0.4, -0.2) is 21.2 Å². The maximum atomic E-state index is 13.2. The molecule has 0 spiro atoms. The van der Waals surface area contributed by atoms with Crippen LogP contribution in [0.5, 0.6) is 5.75 Å². The number of rotatable bonds is 0. The molecule has 1 aliphatic carbocycles. The predicted molar refractivity (Wildman–Crippen MR) is 95.4 cm³/mol. The minimum absolute atomic E-state index is 0.0955. The fourth-order valence-electron chi connectivity index (χ4n) is 3.93. The first-order valence-corrected chi connectivity index (χ1v) is 8.01. The molecular formula is C21H13NO3. The Morgan fingerprint density at radius 2 is 1.48 bits per heavy atom. The lowest BCUT2D eigenvalue weighted by molar-refractivity contribution is 0.0977. The van der Waals surface area contributed by atoms with Crippen LogP contribution in [0.4, 0.5) is 0 Å². The standard InChI is InChI=1S/C21H13NO3/c1-22-15-7-3-2-5-11(15)12-9-10-14-18(19(12)22)21(25)13-6-4-8-16(23)17(13)20(14)24/h2-10,23H,1H3. The molecule has 4 heteroatoms. The Morgan fingerprint density at radius 1 is 0.760 bits per heavy atom. The lowest BCUT2D eigenvalue weighted by Crippen LogP contribution is -2.21. The topological polar surface area (TPSA) is 59.3 Å². The number of para-hydroxylation sites is 1. The summed E-state index contributed by atoms with van der Waals surface area (Å²) in [7, 11) is 1.90. The van der Waals surface area contributed by atoms with Crippen LogP contribution in [0.1, 0.15) is 31.8 Å². The lowest BCUT2D eigenvalue weighted by Gasteiger charge is -2.19. The highest BCUT2D eigenvalue weighted by molar-refractivity contribution is 6.33. The molecule has 0 radical (unpaired) electrons. The highest BCUT2D eigenvalue weighted by Gasteiger charge is 2.34. The van der Waals surface area contributed by atoms with Gasteiger partial charge in [0.1, 0.15) is 5.75 Å². The second-order valence-corrected chi connectivity index (χ2v) is 6.32. The Bertz CT molecular complexity index is 1250. The van der Waals surface area contributed by atoms with Gasteiger partial charge in [0.2, 0.25) is 0 Å². The molecule has 3 aromatic carbocycles. The summed E-state index contributed by atoms with van der Waals surface area (Å²) in [5, 5.41) is 12.1. The van der Waals surface area contributed by atoms with E-state index in [9.17, 15) is 14.7 Å². The van der Waals surface area contributed by atoms with E-state index < -0.39 is 0 Å². The Balaban J connectivity index is 1.97. The Morgan fingerprint density at radius 3 is 2.32 bits per heavy atom. The van der Waals surface area contributed by atoms with Crippen molar-refractivity contribution in [1.82, 2.24) is 4.57 Å². The molecule has 0 fully saturated rings. The molecule has 0 saturated carbocycles. The second kappa shape index (κ2) is 4.57. The summed E-state index contributed by atoms with van der Waals surface area (Å²) in [6.45, 7) is 0. The monoisotopic (exact) mass is 327 g/mol. The highest BCUT2D eigenvalue weighted by atomic mass is 16.3. The Kier molecular flexibility index (Phi) is 2.56. The third-order valence-electron chi connectivity index (χ3n) is 5.05. The molecule has 0 bridgehead atoms. The largest absolute Gasteiger partial charge is 0.507 e. The summed E-state index contributed by atoms with van der Waals surface area (Å²) in [5.74, 6) is -0.689. The number of hydrogen-bond donors (Lipinski definition) is 1. The van der Waals surface area contributed by atoms with E-state index in [-0.39, 0.29) is 28.4 Å². The van der Waals surface area contributed by atoms with E-state index in [1.165, 1.54) is 6.07 Å². The Labute approximate surface area is 142 Å². The van der Waals surface area contributed by atoms with Crippen molar-refractivity contribution in [2.45, 2.75) is 0 Å². The van der Waals surface area contributed by atoms with Crippen molar-refractivity contribution >= 4 is 33.4 Å². The summed E-state index contributed by atoms with van der Waals surface area (Å²) in [6.07, 6.45) is 0. The van der Waals surface area contributed by atoms with E-state index >= 15 is 0 Å². The van der Waals surface area contributed by atoms with Gasteiger partial charge in [0.25, 0.3) is 0 Å².